The van der Waals surface area contributed by atoms with Gasteiger partial charge in [-0.2, -0.15) is 0 Å². The first-order valence-corrected chi connectivity index (χ1v) is 5.24. The molecule has 1 heterocycles. The number of aromatic nitrogens is 1. The van der Waals surface area contributed by atoms with Crippen molar-refractivity contribution in [1.29, 1.82) is 0 Å². The molecule has 0 unspecified atom stereocenters. The highest BCUT2D eigenvalue weighted by Crippen LogP contribution is 2.18. The predicted octanol–water partition coefficient (Wildman–Crippen LogP) is 1.91. The van der Waals surface area contributed by atoms with Gasteiger partial charge < -0.3 is 14.8 Å². The van der Waals surface area contributed by atoms with Gasteiger partial charge in [0.1, 0.15) is 0 Å². The van der Waals surface area contributed by atoms with Crippen LogP contribution in [0.5, 0.6) is 0 Å². The molecule has 0 saturated heterocycles. The highest BCUT2D eigenvalue weighted by Gasteiger charge is 2.15. The lowest BCUT2D eigenvalue weighted by Gasteiger charge is -1.95. The third kappa shape index (κ3) is 2.96. The summed E-state index contributed by atoms with van der Waals surface area (Å²) in [5, 5.41) is 8.99. The van der Waals surface area contributed by atoms with E-state index in [4.69, 9.17) is 9.84 Å². The number of ether oxygens (including phenoxy) is 1. The molecule has 92 valence electrons. The number of H-pyrrole nitrogens is 1. The van der Waals surface area contributed by atoms with Gasteiger partial charge in [0.15, 0.2) is 0 Å². The number of rotatable bonds is 4. The summed E-state index contributed by atoms with van der Waals surface area (Å²) in [6, 6.07) is 0. The predicted molar refractivity (Wildman–Crippen MR) is 62.9 cm³/mol. The molecule has 5 heteroatoms. The van der Waals surface area contributed by atoms with Crippen LogP contribution in [0.3, 0.4) is 0 Å². The molecule has 0 aromatic carbocycles. The van der Waals surface area contributed by atoms with Crippen LogP contribution in [0.15, 0.2) is 6.08 Å². The summed E-state index contributed by atoms with van der Waals surface area (Å²) in [7, 11) is 0. The lowest BCUT2D eigenvalue weighted by Crippen LogP contribution is -1.99. The minimum Gasteiger partial charge on any atom is -0.478 e. The normalized spacial score (nSPS) is 10.8. The van der Waals surface area contributed by atoms with Crippen LogP contribution in [-0.4, -0.2) is 28.6 Å². The maximum absolute atomic E-state index is 11.1. The van der Waals surface area contributed by atoms with E-state index < -0.39 is 11.9 Å². The third-order valence-electron chi connectivity index (χ3n) is 2.36. The van der Waals surface area contributed by atoms with Gasteiger partial charge in [0.05, 0.1) is 12.2 Å². The summed E-state index contributed by atoms with van der Waals surface area (Å²) >= 11 is 0. The standard InChI is InChI=1S/C12H15NO4/c1-4-17-10(14)6-5-9-7(2)11(12(15)16)8(3)13-9/h5-6,13H,4H2,1-3H3,(H,15,16). The number of esters is 1. The SMILES string of the molecule is CCOC(=O)C=Cc1[nH]c(C)c(C(=O)O)c1C. The van der Waals surface area contributed by atoms with Crippen molar-refractivity contribution in [1.82, 2.24) is 4.98 Å². The van der Waals surface area contributed by atoms with Crippen molar-refractivity contribution in [2.75, 3.05) is 6.61 Å². The fraction of sp³-hybridized carbons (Fsp3) is 0.333. The van der Waals surface area contributed by atoms with E-state index in [-0.39, 0.29) is 5.56 Å². The Morgan fingerprint density at radius 1 is 1.41 bits per heavy atom. The van der Waals surface area contributed by atoms with E-state index in [0.29, 0.717) is 23.6 Å². The van der Waals surface area contributed by atoms with Gasteiger partial charge in [-0.3, -0.25) is 0 Å². The van der Waals surface area contributed by atoms with E-state index in [1.165, 1.54) is 12.2 Å². The molecule has 0 aliphatic rings. The van der Waals surface area contributed by atoms with Crippen LogP contribution in [-0.2, 0) is 9.53 Å². The summed E-state index contributed by atoms with van der Waals surface area (Å²) < 4.78 is 4.73. The van der Waals surface area contributed by atoms with Crippen LogP contribution in [0, 0.1) is 13.8 Å². The van der Waals surface area contributed by atoms with Gasteiger partial charge in [-0.05, 0) is 32.4 Å². The molecule has 0 atom stereocenters. The Hall–Kier alpha value is -2.04. The zero-order valence-corrected chi connectivity index (χ0v) is 10.0. The summed E-state index contributed by atoms with van der Waals surface area (Å²) in [4.78, 5) is 25.0. The fourth-order valence-electron chi connectivity index (χ4n) is 1.60. The van der Waals surface area contributed by atoms with Crippen LogP contribution in [0.4, 0.5) is 0 Å². The molecular weight excluding hydrogens is 222 g/mol. The number of carboxylic acid groups (broad SMARTS) is 1. The van der Waals surface area contributed by atoms with Crippen molar-refractivity contribution in [3.05, 3.63) is 28.6 Å². The van der Waals surface area contributed by atoms with E-state index in [1.807, 2.05) is 0 Å². The second kappa shape index (κ2) is 5.34. The van der Waals surface area contributed by atoms with Crippen molar-refractivity contribution >= 4 is 18.0 Å². The molecule has 0 spiro atoms. The van der Waals surface area contributed by atoms with Gasteiger partial charge >= 0.3 is 11.9 Å². The smallest absolute Gasteiger partial charge is 0.337 e. The molecule has 5 nitrogen and oxygen atoms in total. The minimum atomic E-state index is -0.980. The molecule has 0 amide bonds. The van der Waals surface area contributed by atoms with Gasteiger partial charge in [-0.15, -0.1) is 0 Å². The number of hydrogen-bond acceptors (Lipinski definition) is 3. The largest absolute Gasteiger partial charge is 0.478 e. The minimum absolute atomic E-state index is 0.244. The number of carbonyl (C=O) groups excluding carboxylic acids is 1. The third-order valence-corrected chi connectivity index (χ3v) is 2.36. The van der Waals surface area contributed by atoms with Gasteiger partial charge in [0.2, 0.25) is 0 Å². The summed E-state index contributed by atoms with van der Waals surface area (Å²) in [5.74, 6) is -1.43. The van der Waals surface area contributed by atoms with Gasteiger partial charge in [-0.1, -0.05) is 0 Å². The molecule has 1 aromatic heterocycles. The lowest BCUT2D eigenvalue weighted by atomic mass is 10.1. The number of carboxylic acids is 1. The molecular formula is C12H15NO4. The zero-order chi connectivity index (χ0) is 13.0. The average molecular weight is 237 g/mol. The number of aromatic carboxylic acids is 1. The van der Waals surface area contributed by atoms with Crippen LogP contribution in [0.1, 0.15) is 34.2 Å². The van der Waals surface area contributed by atoms with E-state index in [9.17, 15) is 9.59 Å². The van der Waals surface area contributed by atoms with Crippen molar-refractivity contribution in [3.63, 3.8) is 0 Å². The first-order valence-electron chi connectivity index (χ1n) is 5.24. The Morgan fingerprint density at radius 2 is 2.06 bits per heavy atom. The van der Waals surface area contributed by atoms with Crippen LogP contribution in [0.25, 0.3) is 6.08 Å². The summed E-state index contributed by atoms with van der Waals surface area (Å²) in [5.41, 5.74) is 2.02. The van der Waals surface area contributed by atoms with E-state index in [0.717, 1.165) is 0 Å². The Kier molecular flexibility index (Phi) is 4.09. The Labute approximate surface area is 99.1 Å². The molecule has 1 aromatic rings. The molecule has 0 aliphatic carbocycles. The Morgan fingerprint density at radius 3 is 2.53 bits per heavy atom. The maximum Gasteiger partial charge on any atom is 0.337 e. The fourth-order valence-corrected chi connectivity index (χ4v) is 1.60. The van der Waals surface area contributed by atoms with Crippen LogP contribution in [0.2, 0.25) is 0 Å². The maximum atomic E-state index is 11.1. The number of nitrogens with one attached hydrogen (secondary N) is 1. The molecule has 0 radical (unpaired) electrons. The number of carbonyl (C=O) groups is 2. The van der Waals surface area contributed by atoms with E-state index in [1.54, 1.807) is 20.8 Å². The monoisotopic (exact) mass is 237 g/mol. The lowest BCUT2D eigenvalue weighted by molar-refractivity contribution is -0.137. The van der Waals surface area contributed by atoms with Crippen molar-refractivity contribution < 1.29 is 19.4 Å². The molecule has 1 rings (SSSR count). The van der Waals surface area contributed by atoms with Crippen LogP contribution < -0.4 is 0 Å². The molecule has 2 N–H and O–H groups in total. The van der Waals surface area contributed by atoms with E-state index >= 15 is 0 Å². The molecule has 0 saturated carbocycles. The molecule has 0 bridgehead atoms. The summed E-state index contributed by atoms with van der Waals surface area (Å²) in [6.45, 7) is 5.40. The van der Waals surface area contributed by atoms with Gasteiger partial charge in [0.25, 0.3) is 0 Å². The topological polar surface area (TPSA) is 79.4 Å². The van der Waals surface area contributed by atoms with Crippen molar-refractivity contribution in [3.8, 4) is 0 Å². The summed E-state index contributed by atoms with van der Waals surface area (Å²) in [6.07, 6.45) is 2.79. The number of aryl methyl sites for hydroxylation is 1. The van der Waals surface area contributed by atoms with Crippen molar-refractivity contribution in [2.24, 2.45) is 0 Å². The Bertz CT molecular complexity index is 471. The van der Waals surface area contributed by atoms with Gasteiger partial charge in [-0.25, -0.2) is 9.59 Å². The second-order valence-corrected chi connectivity index (χ2v) is 3.55. The zero-order valence-electron chi connectivity index (χ0n) is 10.0. The quantitative estimate of drug-likeness (QED) is 0.619. The Balaban J connectivity index is 2.97. The number of hydrogen-bond donors (Lipinski definition) is 2. The highest BCUT2D eigenvalue weighted by atomic mass is 16.5. The first-order chi connectivity index (χ1) is 7.97. The molecule has 17 heavy (non-hydrogen) atoms. The molecule has 0 aliphatic heterocycles. The van der Waals surface area contributed by atoms with Crippen LogP contribution >= 0.6 is 0 Å². The second-order valence-electron chi connectivity index (χ2n) is 3.55. The van der Waals surface area contributed by atoms with Gasteiger partial charge in [0, 0.05) is 17.5 Å². The molecule has 0 fully saturated rings. The highest BCUT2D eigenvalue weighted by molar-refractivity contribution is 5.93. The number of aromatic amines is 1. The average Bonchev–Trinajstić information content (AvgIpc) is 2.51. The van der Waals surface area contributed by atoms with E-state index in [2.05, 4.69) is 4.98 Å². The first kappa shape index (κ1) is 13.0. The van der Waals surface area contributed by atoms with Crippen molar-refractivity contribution in [2.45, 2.75) is 20.8 Å².